The van der Waals surface area contributed by atoms with Gasteiger partial charge in [0.2, 0.25) is 0 Å². The van der Waals surface area contributed by atoms with Gasteiger partial charge < -0.3 is 14.9 Å². The maximum atomic E-state index is 12.6. The predicted molar refractivity (Wildman–Crippen MR) is 81.2 cm³/mol. The van der Waals surface area contributed by atoms with Crippen LogP contribution in [0.3, 0.4) is 0 Å². The van der Waals surface area contributed by atoms with Crippen molar-refractivity contribution in [3.63, 3.8) is 0 Å². The van der Waals surface area contributed by atoms with Crippen LogP contribution in [0, 0.1) is 5.41 Å². The summed E-state index contributed by atoms with van der Waals surface area (Å²) in [5, 5.41) is 9.42. The van der Waals surface area contributed by atoms with Crippen molar-refractivity contribution >= 4 is 12.0 Å². The highest BCUT2D eigenvalue weighted by Crippen LogP contribution is 2.35. The van der Waals surface area contributed by atoms with Gasteiger partial charge in [0.25, 0.3) is 0 Å². The first-order valence-electron chi connectivity index (χ1n) is 8.36. The van der Waals surface area contributed by atoms with Crippen molar-refractivity contribution in [1.29, 1.82) is 0 Å². The number of carbonyl (C=O) groups is 2. The number of aliphatic carboxylic acids is 1. The minimum atomic E-state index is -0.705. The molecule has 0 aliphatic carbocycles. The van der Waals surface area contributed by atoms with Crippen molar-refractivity contribution in [2.24, 2.45) is 5.41 Å². The van der Waals surface area contributed by atoms with Gasteiger partial charge in [-0.05, 0) is 32.1 Å². The van der Waals surface area contributed by atoms with Crippen molar-refractivity contribution < 1.29 is 14.7 Å². The molecule has 2 amide bonds. The lowest BCUT2D eigenvalue weighted by Crippen LogP contribution is -2.51. The molecule has 0 aromatic carbocycles. The number of carboxylic acids is 1. The van der Waals surface area contributed by atoms with Crippen LogP contribution >= 0.6 is 0 Å². The van der Waals surface area contributed by atoms with E-state index in [9.17, 15) is 14.7 Å². The van der Waals surface area contributed by atoms with Gasteiger partial charge >= 0.3 is 12.0 Å². The average Bonchev–Trinajstić information content (AvgIpc) is 2.46. The molecule has 0 spiro atoms. The fraction of sp³-hybridized carbons (Fsp3) is 0.875. The Hall–Kier alpha value is -1.26. The normalized spacial score (nSPS) is 23.3. The zero-order valence-electron chi connectivity index (χ0n) is 13.1. The van der Waals surface area contributed by atoms with E-state index < -0.39 is 11.4 Å². The maximum Gasteiger partial charge on any atom is 0.319 e. The molecule has 0 atom stereocenters. The molecule has 120 valence electrons. The number of amides is 2. The molecule has 0 bridgehead atoms. The van der Waals surface area contributed by atoms with Gasteiger partial charge in [0, 0.05) is 26.2 Å². The zero-order valence-corrected chi connectivity index (χ0v) is 13.1. The van der Waals surface area contributed by atoms with Crippen LogP contribution < -0.4 is 0 Å². The second-order valence-electron chi connectivity index (χ2n) is 6.46. The number of piperidine rings is 1. The molecular formula is C16H28N2O3. The Morgan fingerprint density at radius 2 is 1.38 bits per heavy atom. The van der Waals surface area contributed by atoms with E-state index in [1.54, 1.807) is 0 Å². The fourth-order valence-electron chi connectivity index (χ4n) is 3.48. The highest BCUT2D eigenvalue weighted by Gasteiger charge is 2.41. The van der Waals surface area contributed by atoms with Gasteiger partial charge in [0.1, 0.15) is 0 Å². The third-order valence-electron chi connectivity index (χ3n) is 5.25. The Morgan fingerprint density at radius 1 is 0.905 bits per heavy atom. The average molecular weight is 296 g/mol. The first-order valence-corrected chi connectivity index (χ1v) is 8.36. The predicted octanol–water partition coefficient (Wildman–Crippen LogP) is 2.95. The highest BCUT2D eigenvalue weighted by atomic mass is 16.4. The molecule has 5 nitrogen and oxygen atoms in total. The van der Waals surface area contributed by atoms with Crippen LogP contribution in [0.2, 0.25) is 0 Å². The molecule has 2 saturated heterocycles. The Kier molecular flexibility index (Phi) is 5.48. The van der Waals surface area contributed by atoms with E-state index in [1.165, 1.54) is 19.3 Å². The van der Waals surface area contributed by atoms with Crippen LogP contribution in [0.5, 0.6) is 0 Å². The van der Waals surface area contributed by atoms with E-state index in [1.807, 2.05) is 16.7 Å². The van der Waals surface area contributed by atoms with Crippen LogP contribution in [-0.4, -0.2) is 53.1 Å². The fourth-order valence-corrected chi connectivity index (χ4v) is 3.48. The lowest BCUT2D eigenvalue weighted by Gasteiger charge is -2.40. The summed E-state index contributed by atoms with van der Waals surface area (Å²) in [7, 11) is 0. The van der Waals surface area contributed by atoms with Crippen molar-refractivity contribution in [3.8, 4) is 0 Å². The first-order chi connectivity index (χ1) is 10.1. The largest absolute Gasteiger partial charge is 0.481 e. The number of urea groups is 1. The van der Waals surface area contributed by atoms with Gasteiger partial charge in [0.15, 0.2) is 0 Å². The van der Waals surface area contributed by atoms with Gasteiger partial charge in [-0.2, -0.15) is 0 Å². The van der Waals surface area contributed by atoms with E-state index in [-0.39, 0.29) is 6.03 Å². The summed E-state index contributed by atoms with van der Waals surface area (Å²) < 4.78 is 0. The third kappa shape index (κ3) is 3.69. The van der Waals surface area contributed by atoms with Gasteiger partial charge in [-0.3, -0.25) is 4.79 Å². The third-order valence-corrected chi connectivity index (χ3v) is 5.25. The van der Waals surface area contributed by atoms with Crippen LogP contribution in [0.15, 0.2) is 0 Å². The van der Waals surface area contributed by atoms with Crippen molar-refractivity contribution in [1.82, 2.24) is 9.80 Å². The van der Waals surface area contributed by atoms with Gasteiger partial charge in [-0.15, -0.1) is 0 Å². The van der Waals surface area contributed by atoms with Crippen LogP contribution in [0.4, 0.5) is 4.79 Å². The lowest BCUT2D eigenvalue weighted by molar-refractivity contribution is -0.152. The quantitative estimate of drug-likeness (QED) is 0.852. The van der Waals surface area contributed by atoms with E-state index in [0.29, 0.717) is 32.4 Å². The standard InChI is InChI=1S/C16H28N2O3/c1-2-16(14(19)20)8-12-18(13-9-16)15(21)17-10-6-4-3-5-7-11-17/h2-13H2,1H3,(H,19,20). The summed E-state index contributed by atoms with van der Waals surface area (Å²) in [6, 6.07) is 0.118. The first kappa shape index (κ1) is 16.1. The van der Waals surface area contributed by atoms with Crippen molar-refractivity contribution in [3.05, 3.63) is 0 Å². The summed E-state index contributed by atoms with van der Waals surface area (Å²) in [6.45, 7) is 4.80. The second-order valence-corrected chi connectivity index (χ2v) is 6.46. The summed E-state index contributed by atoms with van der Waals surface area (Å²) in [5.41, 5.74) is -0.618. The molecular weight excluding hydrogens is 268 g/mol. The number of hydrogen-bond donors (Lipinski definition) is 1. The number of rotatable bonds is 2. The Bertz CT molecular complexity index is 368. The molecule has 2 aliphatic heterocycles. The molecule has 0 saturated carbocycles. The summed E-state index contributed by atoms with van der Waals surface area (Å²) in [5.74, 6) is -0.705. The van der Waals surface area contributed by atoms with Crippen molar-refractivity contribution in [2.45, 2.75) is 58.3 Å². The summed E-state index contributed by atoms with van der Waals surface area (Å²) in [4.78, 5) is 27.9. The molecule has 2 fully saturated rings. The number of likely N-dealkylation sites (tertiary alicyclic amines) is 2. The van der Waals surface area contributed by atoms with Crippen LogP contribution in [0.1, 0.15) is 58.3 Å². The highest BCUT2D eigenvalue weighted by molar-refractivity contribution is 5.77. The number of carboxylic acid groups (broad SMARTS) is 1. The molecule has 0 aromatic heterocycles. The number of hydrogen-bond acceptors (Lipinski definition) is 2. The van der Waals surface area contributed by atoms with Gasteiger partial charge in [-0.1, -0.05) is 26.2 Å². The zero-order chi connectivity index (χ0) is 15.3. The molecule has 2 rings (SSSR count). The van der Waals surface area contributed by atoms with E-state index in [2.05, 4.69) is 0 Å². The van der Waals surface area contributed by atoms with E-state index in [0.717, 1.165) is 25.9 Å². The molecule has 0 aromatic rings. The monoisotopic (exact) mass is 296 g/mol. The summed E-state index contributed by atoms with van der Waals surface area (Å²) in [6.07, 6.45) is 7.69. The van der Waals surface area contributed by atoms with Crippen LogP contribution in [0.25, 0.3) is 0 Å². The molecule has 21 heavy (non-hydrogen) atoms. The molecule has 1 N–H and O–H groups in total. The number of carbonyl (C=O) groups excluding carboxylic acids is 1. The SMILES string of the molecule is CCC1(C(=O)O)CCN(C(=O)N2CCCCCCC2)CC1. The lowest BCUT2D eigenvalue weighted by atomic mass is 9.76. The Morgan fingerprint density at radius 3 is 1.86 bits per heavy atom. The second kappa shape index (κ2) is 7.14. The Balaban J connectivity index is 1.91. The smallest absolute Gasteiger partial charge is 0.319 e. The van der Waals surface area contributed by atoms with Crippen LogP contribution in [-0.2, 0) is 4.79 Å². The van der Waals surface area contributed by atoms with E-state index in [4.69, 9.17) is 0 Å². The molecule has 0 radical (unpaired) electrons. The summed E-state index contributed by atoms with van der Waals surface area (Å²) >= 11 is 0. The molecule has 5 heteroatoms. The minimum Gasteiger partial charge on any atom is -0.481 e. The van der Waals surface area contributed by atoms with Crippen molar-refractivity contribution in [2.75, 3.05) is 26.2 Å². The topological polar surface area (TPSA) is 60.9 Å². The molecule has 2 aliphatic rings. The molecule has 0 unspecified atom stereocenters. The van der Waals surface area contributed by atoms with Gasteiger partial charge in [-0.25, -0.2) is 4.79 Å². The van der Waals surface area contributed by atoms with E-state index >= 15 is 0 Å². The van der Waals surface area contributed by atoms with Gasteiger partial charge in [0.05, 0.1) is 5.41 Å². The Labute approximate surface area is 127 Å². The molecule has 2 heterocycles. The minimum absolute atomic E-state index is 0.118. The number of nitrogens with zero attached hydrogens (tertiary/aromatic N) is 2. The maximum absolute atomic E-state index is 12.6.